The Hall–Kier alpha value is -1.81. The molecule has 1 heterocycles. The summed E-state index contributed by atoms with van der Waals surface area (Å²) in [5.41, 5.74) is 4.21. The van der Waals surface area contributed by atoms with Gasteiger partial charge in [0.1, 0.15) is 0 Å². The van der Waals surface area contributed by atoms with E-state index in [4.69, 9.17) is 0 Å². The number of nitrogens with one attached hydrogen (secondary N) is 1. The van der Waals surface area contributed by atoms with Crippen LogP contribution in [0.3, 0.4) is 0 Å². The van der Waals surface area contributed by atoms with Gasteiger partial charge in [0.05, 0.1) is 11.8 Å². The molecule has 0 aliphatic carbocycles. The summed E-state index contributed by atoms with van der Waals surface area (Å²) in [6.07, 6.45) is 1.57. The van der Waals surface area contributed by atoms with E-state index >= 15 is 0 Å². The van der Waals surface area contributed by atoms with Crippen molar-refractivity contribution in [2.75, 3.05) is 5.32 Å². The first-order chi connectivity index (χ1) is 9.49. The van der Waals surface area contributed by atoms with Gasteiger partial charge in [-0.25, -0.2) is 0 Å². The van der Waals surface area contributed by atoms with E-state index in [1.54, 1.807) is 6.92 Å². The summed E-state index contributed by atoms with van der Waals surface area (Å²) < 4.78 is 1.85. The van der Waals surface area contributed by atoms with E-state index in [1.807, 2.05) is 42.2 Å². The lowest BCUT2D eigenvalue weighted by molar-refractivity contribution is 0.200. The smallest absolute Gasteiger partial charge is 0.0781 e. The van der Waals surface area contributed by atoms with Crippen molar-refractivity contribution in [2.45, 2.75) is 39.3 Å². The molecular formula is C16H23N3O. The van der Waals surface area contributed by atoms with Crippen molar-refractivity contribution in [3.8, 4) is 0 Å². The lowest BCUT2D eigenvalue weighted by Gasteiger charge is -2.14. The normalized spacial score (nSPS) is 12.7. The van der Waals surface area contributed by atoms with Gasteiger partial charge in [-0.15, -0.1) is 0 Å². The molecule has 0 amide bonds. The second-order valence-corrected chi connectivity index (χ2v) is 5.48. The van der Waals surface area contributed by atoms with Gasteiger partial charge in [0, 0.05) is 36.6 Å². The number of aromatic nitrogens is 2. The average Bonchev–Trinajstić information content (AvgIpc) is 2.78. The number of aryl methyl sites for hydroxylation is 1. The summed E-state index contributed by atoms with van der Waals surface area (Å²) >= 11 is 0. The minimum Gasteiger partial charge on any atom is -0.389 e. The van der Waals surface area contributed by atoms with Gasteiger partial charge in [-0.3, -0.25) is 4.68 Å². The number of hydrogen-bond acceptors (Lipinski definition) is 3. The summed E-state index contributed by atoms with van der Waals surface area (Å²) in [7, 11) is 1.94. The molecular weight excluding hydrogens is 250 g/mol. The highest BCUT2D eigenvalue weighted by molar-refractivity contribution is 5.52. The van der Waals surface area contributed by atoms with Gasteiger partial charge >= 0.3 is 0 Å². The maximum Gasteiger partial charge on any atom is 0.0781 e. The SMILES string of the molecule is CC(C)c1nn(C)cc1CNc1ccccc1C(C)O. The monoisotopic (exact) mass is 273 g/mol. The summed E-state index contributed by atoms with van der Waals surface area (Å²) in [6, 6.07) is 7.85. The van der Waals surface area contributed by atoms with E-state index in [-0.39, 0.29) is 0 Å². The number of anilines is 1. The highest BCUT2D eigenvalue weighted by Gasteiger charge is 2.12. The van der Waals surface area contributed by atoms with Crippen LogP contribution >= 0.6 is 0 Å². The Morgan fingerprint density at radius 2 is 1.95 bits per heavy atom. The molecule has 0 aliphatic rings. The molecule has 0 spiro atoms. The molecule has 0 saturated carbocycles. The van der Waals surface area contributed by atoms with E-state index in [9.17, 15) is 5.11 Å². The van der Waals surface area contributed by atoms with Crippen LogP contribution in [-0.4, -0.2) is 14.9 Å². The zero-order chi connectivity index (χ0) is 14.7. The van der Waals surface area contributed by atoms with Gasteiger partial charge in [0.15, 0.2) is 0 Å². The highest BCUT2D eigenvalue weighted by Crippen LogP contribution is 2.24. The van der Waals surface area contributed by atoms with Gasteiger partial charge in [0.2, 0.25) is 0 Å². The number of nitrogens with zero attached hydrogens (tertiary/aromatic N) is 2. The molecule has 0 radical (unpaired) electrons. The fourth-order valence-corrected chi connectivity index (χ4v) is 2.39. The molecule has 1 aromatic heterocycles. The van der Waals surface area contributed by atoms with E-state index < -0.39 is 6.10 Å². The van der Waals surface area contributed by atoms with E-state index in [1.165, 1.54) is 5.56 Å². The molecule has 108 valence electrons. The second kappa shape index (κ2) is 6.09. The van der Waals surface area contributed by atoms with Crippen LogP contribution in [0.1, 0.15) is 49.6 Å². The van der Waals surface area contributed by atoms with Crippen molar-refractivity contribution in [3.05, 3.63) is 47.3 Å². The van der Waals surface area contributed by atoms with Crippen LogP contribution in [0.25, 0.3) is 0 Å². The Kier molecular flexibility index (Phi) is 4.45. The predicted octanol–water partition coefficient (Wildman–Crippen LogP) is 3.21. The number of para-hydroxylation sites is 1. The number of rotatable bonds is 5. The molecule has 1 unspecified atom stereocenters. The van der Waals surface area contributed by atoms with Crippen molar-refractivity contribution >= 4 is 5.69 Å². The van der Waals surface area contributed by atoms with Gasteiger partial charge in [-0.2, -0.15) is 5.10 Å². The summed E-state index contributed by atoms with van der Waals surface area (Å²) in [4.78, 5) is 0. The van der Waals surface area contributed by atoms with Crippen LogP contribution in [0.4, 0.5) is 5.69 Å². The summed E-state index contributed by atoms with van der Waals surface area (Å²) in [5.74, 6) is 0.403. The number of hydrogen-bond donors (Lipinski definition) is 2. The van der Waals surface area contributed by atoms with E-state index in [2.05, 4.69) is 24.3 Å². The van der Waals surface area contributed by atoms with Crippen LogP contribution < -0.4 is 5.32 Å². The summed E-state index contributed by atoms with van der Waals surface area (Å²) in [6.45, 7) is 6.79. The second-order valence-electron chi connectivity index (χ2n) is 5.48. The van der Waals surface area contributed by atoms with Gasteiger partial charge in [-0.1, -0.05) is 32.0 Å². The molecule has 1 aromatic carbocycles. The standard InChI is InChI=1S/C16H23N3O/c1-11(2)16-13(10-19(4)18-16)9-17-15-8-6-5-7-14(15)12(3)20/h5-8,10-12,17,20H,9H2,1-4H3. The van der Waals surface area contributed by atoms with Crippen LogP contribution in [0.2, 0.25) is 0 Å². The average molecular weight is 273 g/mol. The van der Waals surface area contributed by atoms with Crippen LogP contribution in [0, 0.1) is 0 Å². The Morgan fingerprint density at radius 1 is 1.25 bits per heavy atom. The highest BCUT2D eigenvalue weighted by atomic mass is 16.3. The number of aliphatic hydroxyl groups excluding tert-OH is 1. The first-order valence-electron chi connectivity index (χ1n) is 7.02. The molecule has 20 heavy (non-hydrogen) atoms. The Morgan fingerprint density at radius 3 is 2.60 bits per heavy atom. The molecule has 2 rings (SSSR count). The zero-order valence-corrected chi connectivity index (χ0v) is 12.6. The lowest BCUT2D eigenvalue weighted by Crippen LogP contribution is -2.05. The third-order valence-corrected chi connectivity index (χ3v) is 3.36. The molecule has 4 nitrogen and oxygen atoms in total. The van der Waals surface area contributed by atoms with Gasteiger partial charge in [0.25, 0.3) is 0 Å². The zero-order valence-electron chi connectivity index (χ0n) is 12.6. The summed E-state index contributed by atoms with van der Waals surface area (Å²) in [5, 5.41) is 17.7. The van der Waals surface area contributed by atoms with Crippen molar-refractivity contribution in [2.24, 2.45) is 7.05 Å². The molecule has 0 fully saturated rings. The minimum atomic E-state index is -0.475. The Balaban J connectivity index is 2.17. The molecule has 2 N–H and O–H groups in total. The molecule has 0 bridgehead atoms. The number of aliphatic hydroxyl groups is 1. The maximum absolute atomic E-state index is 9.79. The fraction of sp³-hybridized carbons (Fsp3) is 0.438. The van der Waals surface area contributed by atoms with E-state index in [0.29, 0.717) is 12.5 Å². The third kappa shape index (κ3) is 3.20. The minimum absolute atomic E-state index is 0.403. The Labute approximate surface area is 120 Å². The van der Waals surface area contributed by atoms with Crippen LogP contribution in [-0.2, 0) is 13.6 Å². The quantitative estimate of drug-likeness (QED) is 0.879. The first-order valence-corrected chi connectivity index (χ1v) is 7.02. The lowest BCUT2D eigenvalue weighted by atomic mass is 10.1. The molecule has 4 heteroatoms. The third-order valence-electron chi connectivity index (χ3n) is 3.36. The van der Waals surface area contributed by atoms with Crippen molar-refractivity contribution in [1.82, 2.24) is 9.78 Å². The predicted molar refractivity (Wildman–Crippen MR) is 81.7 cm³/mol. The molecule has 0 saturated heterocycles. The topological polar surface area (TPSA) is 50.1 Å². The van der Waals surface area contributed by atoms with Crippen molar-refractivity contribution in [1.29, 1.82) is 0 Å². The molecule has 0 aliphatic heterocycles. The number of benzene rings is 1. The molecule has 1 atom stereocenters. The first kappa shape index (κ1) is 14.6. The fourth-order valence-electron chi connectivity index (χ4n) is 2.39. The van der Waals surface area contributed by atoms with Crippen molar-refractivity contribution in [3.63, 3.8) is 0 Å². The maximum atomic E-state index is 9.79. The van der Waals surface area contributed by atoms with Crippen LogP contribution in [0.5, 0.6) is 0 Å². The van der Waals surface area contributed by atoms with Gasteiger partial charge < -0.3 is 10.4 Å². The van der Waals surface area contributed by atoms with Gasteiger partial charge in [-0.05, 0) is 18.9 Å². The van der Waals surface area contributed by atoms with Crippen LogP contribution in [0.15, 0.2) is 30.5 Å². The van der Waals surface area contributed by atoms with E-state index in [0.717, 1.165) is 16.9 Å². The van der Waals surface area contributed by atoms with Crippen molar-refractivity contribution < 1.29 is 5.11 Å². The Bertz CT molecular complexity index is 573. The molecule has 2 aromatic rings. The largest absolute Gasteiger partial charge is 0.389 e.